The van der Waals surface area contributed by atoms with Crippen LogP contribution in [0.2, 0.25) is 0 Å². The third-order valence-electron chi connectivity index (χ3n) is 9.85. The number of esters is 3. The van der Waals surface area contributed by atoms with Crippen molar-refractivity contribution < 1.29 is 43.0 Å². The smallest absolute Gasteiger partial charge is 0.329 e. The van der Waals surface area contributed by atoms with E-state index in [9.17, 15) is 28.8 Å². The number of amides is 4. The predicted octanol–water partition coefficient (Wildman–Crippen LogP) is 6.75. The van der Waals surface area contributed by atoms with Crippen LogP contribution < -0.4 is 27.0 Å². The minimum atomic E-state index is -1.16. The largest absolute Gasteiger partial charge is 0.467 e. The van der Waals surface area contributed by atoms with Crippen LogP contribution in [0.25, 0.3) is 0 Å². The van der Waals surface area contributed by atoms with E-state index in [4.69, 9.17) is 19.9 Å². The van der Waals surface area contributed by atoms with Gasteiger partial charge >= 0.3 is 23.9 Å². The molecule has 0 bridgehead atoms. The molecule has 0 aromatic heterocycles. The van der Waals surface area contributed by atoms with E-state index in [1.54, 1.807) is 41.5 Å². The van der Waals surface area contributed by atoms with E-state index < -0.39 is 53.3 Å². The quantitative estimate of drug-likeness (QED) is 0.0346. The van der Waals surface area contributed by atoms with Crippen LogP contribution in [0.3, 0.4) is 0 Å². The molecule has 4 atom stereocenters. The Morgan fingerprint density at radius 1 is 0.581 bits per heavy atom. The number of hydrogen-bond donors (Lipinski definition) is 5. The molecule has 2 aromatic carbocycles. The van der Waals surface area contributed by atoms with E-state index in [1.807, 2.05) is 48.5 Å². The number of nitrogens with two attached hydrogens (primary N) is 1. The van der Waals surface area contributed by atoms with Gasteiger partial charge in [-0.25, -0.2) is 14.4 Å². The average Bonchev–Trinajstić information content (AvgIpc) is 3.20. The van der Waals surface area contributed by atoms with Crippen molar-refractivity contribution in [1.29, 1.82) is 0 Å². The SMILES string of the molecule is COC(=O)[C@H](CCCCNC(=O)CCCCCCCCC[C@@H](Cc1ccccc1)NC(=O)[C@H](N)Cc1ccccc1)NC(=O)N[C@@H](CCC(=O)OC(C)(C)C)C(=O)OC(C)(C)C. The van der Waals surface area contributed by atoms with E-state index >= 15 is 0 Å². The minimum absolute atomic E-state index is 0.0117. The molecule has 2 rings (SSSR count). The van der Waals surface area contributed by atoms with Crippen LogP contribution in [-0.4, -0.2) is 84.8 Å². The zero-order chi connectivity index (χ0) is 46.0. The van der Waals surface area contributed by atoms with Crippen molar-refractivity contribution >= 4 is 35.8 Å². The maximum atomic E-state index is 13.0. The Morgan fingerprint density at radius 2 is 1.10 bits per heavy atom. The van der Waals surface area contributed by atoms with Gasteiger partial charge in [0.15, 0.2) is 0 Å². The second-order valence-electron chi connectivity index (χ2n) is 18.0. The number of carbonyl (C=O) groups excluding carboxylic acids is 6. The number of urea groups is 1. The number of nitrogens with one attached hydrogen (secondary N) is 4. The molecule has 14 heteroatoms. The molecule has 2 aromatic rings. The highest BCUT2D eigenvalue weighted by atomic mass is 16.6. The summed E-state index contributed by atoms with van der Waals surface area (Å²) in [6.07, 6.45) is 10.8. The van der Waals surface area contributed by atoms with Crippen LogP contribution in [-0.2, 0) is 51.0 Å². The van der Waals surface area contributed by atoms with Crippen LogP contribution >= 0.6 is 0 Å². The van der Waals surface area contributed by atoms with Gasteiger partial charge in [0.25, 0.3) is 0 Å². The lowest BCUT2D eigenvalue weighted by molar-refractivity contribution is -0.158. The van der Waals surface area contributed by atoms with Gasteiger partial charge in [-0.2, -0.15) is 0 Å². The second kappa shape index (κ2) is 28.6. The summed E-state index contributed by atoms with van der Waals surface area (Å²) in [4.78, 5) is 76.2. The average molecular weight is 866 g/mol. The molecule has 0 heterocycles. The number of carbonyl (C=O) groups is 6. The topological polar surface area (TPSA) is 204 Å². The summed E-state index contributed by atoms with van der Waals surface area (Å²) >= 11 is 0. The van der Waals surface area contributed by atoms with Crippen LogP contribution in [0.1, 0.15) is 143 Å². The molecule has 4 amide bonds. The fourth-order valence-corrected chi connectivity index (χ4v) is 6.77. The molecule has 0 fully saturated rings. The van der Waals surface area contributed by atoms with Crippen LogP contribution in [0, 0.1) is 0 Å². The van der Waals surface area contributed by atoms with Crippen molar-refractivity contribution in [2.24, 2.45) is 5.73 Å². The lowest BCUT2D eigenvalue weighted by atomic mass is 9.98. The Bertz CT molecular complexity index is 1640. The van der Waals surface area contributed by atoms with E-state index in [2.05, 4.69) is 33.4 Å². The highest BCUT2D eigenvalue weighted by Crippen LogP contribution is 2.16. The van der Waals surface area contributed by atoms with Gasteiger partial charge in [0.05, 0.1) is 13.2 Å². The van der Waals surface area contributed by atoms with E-state index in [0.717, 1.165) is 63.4 Å². The van der Waals surface area contributed by atoms with Gasteiger partial charge in [-0.3, -0.25) is 14.4 Å². The Labute approximate surface area is 369 Å². The fraction of sp³-hybridized carbons (Fsp3) is 0.625. The van der Waals surface area contributed by atoms with Crippen molar-refractivity contribution in [1.82, 2.24) is 21.3 Å². The number of hydrogen-bond acceptors (Lipinski definition) is 10. The summed E-state index contributed by atoms with van der Waals surface area (Å²) in [7, 11) is 1.22. The number of benzene rings is 2. The molecule has 0 aliphatic carbocycles. The van der Waals surface area contributed by atoms with Crippen molar-refractivity contribution in [3.8, 4) is 0 Å². The Balaban J connectivity index is 1.66. The maximum absolute atomic E-state index is 13.0. The highest BCUT2D eigenvalue weighted by molar-refractivity contribution is 5.87. The first-order valence-corrected chi connectivity index (χ1v) is 22.3. The summed E-state index contributed by atoms with van der Waals surface area (Å²) < 4.78 is 15.7. The van der Waals surface area contributed by atoms with Crippen molar-refractivity contribution in [3.05, 3.63) is 71.8 Å². The molecule has 62 heavy (non-hydrogen) atoms. The lowest BCUT2D eigenvalue weighted by Crippen LogP contribution is -2.52. The first-order chi connectivity index (χ1) is 29.3. The van der Waals surface area contributed by atoms with E-state index in [1.165, 1.54) is 12.7 Å². The fourth-order valence-electron chi connectivity index (χ4n) is 6.77. The third-order valence-corrected chi connectivity index (χ3v) is 9.85. The number of unbranched alkanes of at least 4 members (excludes halogenated alkanes) is 7. The van der Waals surface area contributed by atoms with Crippen molar-refractivity contribution in [2.75, 3.05) is 13.7 Å². The van der Waals surface area contributed by atoms with Gasteiger partial charge in [0, 0.05) is 25.4 Å². The maximum Gasteiger partial charge on any atom is 0.329 e. The van der Waals surface area contributed by atoms with Gasteiger partial charge in [0.2, 0.25) is 11.8 Å². The van der Waals surface area contributed by atoms with Crippen LogP contribution in [0.15, 0.2) is 60.7 Å². The molecular formula is C48H75N5O9. The summed E-state index contributed by atoms with van der Waals surface area (Å²) in [6, 6.07) is 16.5. The van der Waals surface area contributed by atoms with Gasteiger partial charge in [-0.1, -0.05) is 99.2 Å². The Hall–Kier alpha value is -4.98. The highest BCUT2D eigenvalue weighted by Gasteiger charge is 2.30. The van der Waals surface area contributed by atoms with Gasteiger partial charge in [-0.15, -0.1) is 0 Å². The lowest BCUT2D eigenvalue weighted by Gasteiger charge is -2.26. The minimum Gasteiger partial charge on any atom is -0.467 e. The summed E-state index contributed by atoms with van der Waals surface area (Å²) in [6.45, 7) is 10.7. The van der Waals surface area contributed by atoms with Crippen LogP contribution in [0.5, 0.6) is 0 Å². The number of ether oxygens (including phenoxy) is 3. The van der Waals surface area contributed by atoms with Crippen LogP contribution in [0.4, 0.5) is 4.79 Å². The normalized spacial score (nSPS) is 13.4. The molecule has 0 radical (unpaired) electrons. The zero-order valence-electron chi connectivity index (χ0n) is 38.4. The molecule has 0 spiro atoms. The number of rotatable bonds is 28. The molecule has 346 valence electrons. The summed E-state index contributed by atoms with van der Waals surface area (Å²) in [5, 5.41) is 11.3. The molecule has 0 saturated heterocycles. The standard InChI is InChI=1S/C48H75N5O9/c1-47(2,3)61-42(55)31-30-40(45(58)62-48(4,5)6)53-46(59)52-39(44(57)60-7)28-21-22-32-50-41(54)29-20-12-10-8-9-11-19-27-37(33-35-23-15-13-16-24-35)51-43(56)38(49)34-36-25-17-14-18-26-36/h13-18,23-26,37-40H,8-12,19-22,27-34,49H2,1-7H3,(H,50,54)(H,51,56)(H2,52,53,59)/t37-,38+,39-,40-/m0/s1. The zero-order valence-corrected chi connectivity index (χ0v) is 38.4. The monoisotopic (exact) mass is 866 g/mol. The van der Waals surface area contributed by atoms with Crippen molar-refractivity contribution in [2.45, 2.75) is 180 Å². The number of methoxy groups -OCH3 is 1. The molecular weight excluding hydrogens is 791 g/mol. The van der Waals surface area contributed by atoms with E-state index in [-0.39, 0.29) is 37.1 Å². The summed E-state index contributed by atoms with van der Waals surface area (Å²) in [5.41, 5.74) is 6.97. The third kappa shape index (κ3) is 25.1. The second-order valence-corrected chi connectivity index (χ2v) is 18.0. The molecule has 0 aliphatic heterocycles. The van der Waals surface area contributed by atoms with Crippen molar-refractivity contribution in [3.63, 3.8) is 0 Å². The Morgan fingerprint density at radius 3 is 1.66 bits per heavy atom. The molecule has 0 unspecified atom stereocenters. The molecule has 0 aliphatic rings. The molecule has 14 nitrogen and oxygen atoms in total. The van der Waals surface area contributed by atoms with Gasteiger partial charge < -0.3 is 41.2 Å². The molecule has 6 N–H and O–H groups in total. The van der Waals surface area contributed by atoms with Gasteiger partial charge in [-0.05, 0) is 104 Å². The molecule has 0 saturated carbocycles. The predicted molar refractivity (Wildman–Crippen MR) is 241 cm³/mol. The first-order valence-electron chi connectivity index (χ1n) is 22.3. The summed E-state index contributed by atoms with van der Waals surface area (Å²) in [5.74, 6) is -2.05. The van der Waals surface area contributed by atoms with E-state index in [0.29, 0.717) is 32.2 Å². The van der Waals surface area contributed by atoms with Gasteiger partial charge in [0.1, 0.15) is 23.3 Å². The Kier molecular flexibility index (Phi) is 24.5. The first kappa shape index (κ1) is 53.2.